The molecule has 2 atom stereocenters. The van der Waals surface area contributed by atoms with Crippen LogP contribution >= 0.6 is 22.6 Å². The Balaban J connectivity index is 1.84. The number of carboxylic acid groups (broad SMARTS) is 1. The summed E-state index contributed by atoms with van der Waals surface area (Å²) >= 11 is 2.20. The number of benzene rings is 1. The predicted molar refractivity (Wildman–Crippen MR) is 117 cm³/mol. The Morgan fingerprint density at radius 2 is 2.15 bits per heavy atom. The number of hydrogen-bond acceptors (Lipinski definition) is 3. The van der Waals surface area contributed by atoms with Gasteiger partial charge in [0.05, 0.1) is 0 Å². The van der Waals surface area contributed by atoms with E-state index in [2.05, 4.69) is 33.4 Å². The van der Waals surface area contributed by atoms with E-state index in [-0.39, 0.29) is 12.5 Å². The zero-order chi connectivity index (χ0) is 19.7. The zero-order valence-corrected chi connectivity index (χ0v) is 18.2. The second-order valence-corrected chi connectivity index (χ2v) is 9.70. The topological polar surface area (TPSA) is 83.5 Å². The van der Waals surface area contributed by atoms with Crippen LogP contribution in [0.1, 0.15) is 50.5 Å². The number of carbonyl (C=O) groups is 1. The molecule has 2 rings (SSSR count). The minimum atomic E-state index is -3.48. The van der Waals surface area contributed by atoms with Crippen LogP contribution in [0.15, 0.2) is 41.8 Å². The third-order valence-electron chi connectivity index (χ3n) is 4.50. The van der Waals surface area contributed by atoms with Gasteiger partial charge in [0.2, 0.25) is 10.0 Å². The molecule has 1 aliphatic rings. The summed E-state index contributed by atoms with van der Waals surface area (Å²) in [4.78, 5) is 10.5. The minimum absolute atomic E-state index is 0.0574. The second kappa shape index (κ2) is 11.0. The molecule has 148 valence electrons. The number of unbranched alkanes of at least 4 members (excludes halogenated alkanes) is 1. The first kappa shape index (κ1) is 22.1. The van der Waals surface area contributed by atoms with E-state index in [1.54, 1.807) is 6.08 Å². The monoisotopic (exact) mass is 503 g/mol. The normalized spacial score (nSPS) is 21.1. The van der Waals surface area contributed by atoms with Crippen LogP contribution in [-0.4, -0.2) is 25.5 Å². The molecule has 2 N–H and O–H groups in total. The fourth-order valence-electron chi connectivity index (χ4n) is 3.22. The van der Waals surface area contributed by atoms with E-state index < -0.39 is 16.0 Å². The van der Waals surface area contributed by atoms with Crippen LogP contribution in [0.3, 0.4) is 0 Å². The lowest BCUT2D eigenvalue weighted by atomic mass is 9.86. The van der Waals surface area contributed by atoms with Crippen molar-refractivity contribution >= 4 is 44.7 Å². The van der Waals surface area contributed by atoms with E-state index in [1.807, 2.05) is 30.3 Å². The van der Waals surface area contributed by atoms with Crippen LogP contribution in [0.5, 0.6) is 0 Å². The molecule has 27 heavy (non-hydrogen) atoms. The number of carboxylic acids is 1. The summed E-state index contributed by atoms with van der Waals surface area (Å²) in [7, 11) is -3.48. The lowest BCUT2D eigenvalue weighted by Gasteiger charge is -2.27. The average Bonchev–Trinajstić information content (AvgIpc) is 2.60. The highest BCUT2D eigenvalue weighted by Crippen LogP contribution is 2.26. The molecule has 0 saturated heterocycles. The summed E-state index contributed by atoms with van der Waals surface area (Å²) in [6.07, 6.45) is 11.0. The van der Waals surface area contributed by atoms with E-state index in [0.29, 0.717) is 12.3 Å². The fraction of sp³-hybridized carbons (Fsp3) is 0.450. The Hall–Kier alpha value is -1.19. The van der Waals surface area contributed by atoms with Crippen LogP contribution in [0.25, 0.3) is 6.08 Å². The first-order valence-electron chi connectivity index (χ1n) is 9.18. The number of nitrogens with one attached hydrogen (secondary N) is 1. The van der Waals surface area contributed by atoms with E-state index >= 15 is 0 Å². The maximum atomic E-state index is 12.4. The van der Waals surface area contributed by atoms with Crippen LogP contribution in [0.2, 0.25) is 0 Å². The molecule has 0 spiro atoms. The zero-order valence-electron chi connectivity index (χ0n) is 15.2. The van der Waals surface area contributed by atoms with Gasteiger partial charge in [-0.05, 0) is 84.4 Å². The number of hydrogen-bond donors (Lipinski definition) is 2. The fourth-order valence-corrected chi connectivity index (χ4v) is 4.88. The summed E-state index contributed by atoms with van der Waals surface area (Å²) in [5, 5.41) is 9.88. The Morgan fingerprint density at radius 3 is 2.89 bits per heavy atom. The Kier molecular flexibility index (Phi) is 8.98. The molecule has 0 amide bonds. The van der Waals surface area contributed by atoms with Gasteiger partial charge in [0.15, 0.2) is 0 Å². The highest BCUT2D eigenvalue weighted by Gasteiger charge is 2.23. The summed E-state index contributed by atoms with van der Waals surface area (Å²) in [6, 6.07) is 7.61. The van der Waals surface area contributed by atoms with Crippen molar-refractivity contribution in [1.82, 2.24) is 4.72 Å². The van der Waals surface area contributed by atoms with Gasteiger partial charge < -0.3 is 5.11 Å². The van der Waals surface area contributed by atoms with E-state index in [1.165, 1.54) is 5.41 Å². The van der Waals surface area contributed by atoms with Crippen LogP contribution < -0.4 is 4.72 Å². The summed E-state index contributed by atoms with van der Waals surface area (Å²) in [5.41, 5.74) is 0.859. The third-order valence-corrected chi connectivity index (χ3v) is 6.33. The third kappa shape index (κ3) is 9.03. The number of allylic oxidation sites excluding steroid dienone is 2. The standard InChI is InChI=1S/C20H26INO4S/c21-18-9-4-7-17(14-18)12-13-27(25,26)22-19-10-5-8-16(15-19)6-2-1-3-11-20(23)24/h2,4,6-7,9,12-14,16,19,22H,1,3,5,8,10-11,15H2,(H,23,24). The predicted octanol–water partition coefficient (Wildman–Crippen LogP) is 4.55. The first-order valence-corrected chi connectivity index (χ1v) is 11.8. The maximum absolute atomic E-state index is 12.4. The van der Waals surface area contributed by atoms with Crippen molar-refractivity contribution in [1.29, 1.82) is 0 Å². The Morgan fingerprint density at radius 1 is 1.33 bits per heavy atom. The maximum Gasteiger partial charge on any atom is 0.303 e. The molecule has 1 saturated carbocycles. The van der Waals surface area contributed by atoms with Gasteiger partial charge in [-0.3, -0.25) is 4.79 Å². The highest BCUT2D eigenvalue weighted by molar-refractivity contribution is 14.1. The lowest BCUT2D eigenvalue weighted by Crippen LogP contribution is -2.37. The molecule has 7 heteroatoms. The number of aliphatic carboxylic acids is 1. The van der Waals surface area contributed by atoms with Gasteiger partial charge in [0.25, 0.3) is 0 Å². The molecule has 0 aliphatic heterocycles. The number of halogens is 1. The van der Waals surface area contributed by atoms with Crippen LogP contribution in [0.4, 0.5) is 0 Å². The Labute approximate surface area is 175 Å². The molecule has 0 radical (unpaired) electrons. The molecule has 1 aromatic rings. The second-order valence-electron chi connectivity index (χ2n) is 6.86. The van der Waals surface area contributed by atoms with Gasteiger partial charge in [-0.2, -0.15) is 0 Å². The summed E-state index contributed by atoms with van der Waals surface area (Å²) < 4.78 is 28.6. The molecule has 5 nitrogen and oxygen atoms in total. The highest BCUT2D eigenvalue weighted by atomic mass is 127. The minimum Gasteiger partial charge on any atom is -0.481 e. The first-order chi connectivity index (χ1) is 12.8. The molecular weight excluding hydrogens is 477 g/mol. The molecule has 0 aromatic heterocycles. The molecule has 1 aliphatic carbocycles. The van der Waals surface area contributed by atoms with Crippen molar-refractivity contribution in [2.75, 3.05) is 0 Å². The van der Waals surface area contributed by atoms with Gasteiger partial charge in [0, 0.05) is 21.4 Å². The molecule has 0 heterocycles. The van der Waals surface area contributed by atoms with Gasteiger partial charge in [-0.25, -0.2) is 13.1 Å². The van der Waals surface area contributed by atoms with Crippen molar-refractivity contribution < 1.29 is 18.3 Å². The van der Waals surface area contributed by atoms with Crippen molar-refractivity contribution in [3.8, 4) is 0 Å². The average molecular weight is 503 g/mol. The molecule has 1 aromatic carbocycles. The summed E-state index contributed by atoms with van der Waals surface area (Å²) in [6.45, 7) is 0. The SMILES string of the molecule is O=C(O)CCCC=CC1CCCC(NS(=O)(=O)C=Cc2cccc(I)c2)C1. The van der Waals surface area contributed by atoms with Crippen LogP contribution in [-0.2, 0) is 14.8 Å². The lowest BCUT2D eigenvalue weighted by molar-refractivity contribution is -0.137. The van der Waals surface area contributed by atoms with E-state index in [9.17, 15) is 13.2 Å². The largest absolute Gasteiger partial charge is 0.481 e. The molecular formula is C20H26INO4S. The van der Waals surface area contributed by atoms with Gasteiger partial charge >= 0.3 is 5.97 Å². The van der Waals surface area contributed by atoms with Crippen molar-refractivity contribution in [3.63, 3.8) is 0 Å². The molecule has 1 fully saturated rings. The van der Waals surface area contributed by atoms with E-state index in [4.69, 9.17) is 5.11 Å². The van der Waals surface area contributed by atoms with Crippen molar-refractivity contribution in [3.05, 3.63) is 51.0 Å². The number of rotatable bonds is 9. The molecule has 2 unspecified atom stereocenters. The molecule has 0 bridgehead atoms. The van der Waals surface area contributed by atoms with Gasteiger partial charge in [-0.15, -0.1) is 0 Å². The Bertz CT molecular complexity index is 789. The van der Waals surface area contributed by atoms with Crippen LogP contribution in [0, 0.1) is 9.49 Å². The van der Waals surface area contributed by atoms with Crippen molar-refractivity contribution in [2.24, 2.45) is 5.92 Å². The van der Waals surface area contributed by atoms with Gasteiger partial charge in [-0.1, -0.05) is 30.7 Å². The van der Waals surface area contributed by atoms with Gasteiger partial charge in [0.1, 0.15) is 0 Å². The van der Waals surface area contributed by atoms with E-state index in [0.717, 1.165) is 41.2 Å². The van der Waals surface area contributed by atoms with Crippen molar-refractivity contribution in [2.45, 2.75) is 51.0 Å². The number of sulfonamides is 1. The summed E-state index contributed by atoms with van der Waals surface area (Å²) in [5.74, 6) is -0.426. The quantitative estimate of drug-likeness (QED) is 0.294. The smallest absolute Gasteiger partial charge is 0.303 e.